The lowest BCUT2D eigenvalue weighted by Gasteiger charge is -2.27. The Kier molecular flexibility index (Phi) is 3.65. The van der Waals surface area contributed by atoms with E-state index in [0.29, 0.717) is 22.8 Å². The number of carbonyl (C=O) groups excluding carboxylic acids is 1. The van der Waals surface area contributed by atoms with E-state index in [1.807, 2.05) is 0 Å². The molecule has 1 heterocycles. The molecule has 1 aliphatic carbocycles. The van der Waals surface area contributed by atoms with E-state index in [1.165, 1.54) is 34.9 Å². The van der Waals surface area contributed by atoms with Crippen LogP contribution in [0.2, 0.25) is 0 Å². The Balaban J connectivity index is 1.91. The summed E-state index contributed by atoms with van der Waals surface area (Å²) in [6.07, 6.45) is 2.08. The molecule has 1 amide bonds. The Labute approximate surface area is 126 Å². The maximum absolute atomic E-state index is 13.3. The highest BCUT2D eigenvalue weighted by atomic mass is 32.2. The largest absolute Gasteiger partial charge is 0.480 e. The monoisotopic (exact) mass is 309 g/mol. The van der Waals surface area contributed by atoms with E-state index >= 15 is 0 Å². The summed E-state index contributed by atoms with van der Waals surface area (Å²) in [6, 6.07) is 3.38. The molecule has 4 nitrogen and oxygen atoms in total. The number of amides is 1. The minimum atomic E-state index is -0.974. The van der Waals surface area contributed by atoms with Crippen molar-refractivity contribution in [1.29, 1.82) is 0 Å². The van der Waals surface area contributed by atoms with E-state index in [2.05, 4.69) is 0 Å². The van der Waals surface area contributed by atoms with Crippen LogP contribution in [0.4, 0.5) is 4.39 Å². The molecule has 1 aromatic rings. The second kappa shape index (κ2) is 5.33. The fourth-order valence-electron chi connectivity index (χ4n) is 2.65. The summed E-state index contributed by atoms with van der Waals surface area (Å²) in [5, 5.41) is 9.27. The van der Waals surface area contributed by atoms with Crippen LogP contribution in [0.15, 0.2) is 18.2 Å². The smallest absolute Gasteiger partial charge is 0.327 e. The van der Waals surface area contributed by atoms with Gasteiger partial charge in [-0.15, -0.1) is 11.8 Å². The highest BCUT2D eigenvalue weighted by Crippen LogP contribution is 2.45. The first-order chi connectivity index (χ1) is 9.99. The molecule has 1 aliphatic heterocycles. The second-order valence-corrected chi connectivity index (χ2v) is 6.74. The predicted molar refractivity (Wildman–Crippen MR) is 77.7 cm³/mol. The highest BCUT2D eigenvalue weighted by molar-refractivity contribution is 8.00. The minimum absolute atomic E-state index is 0.0658. The first kappa shape index (κ1) is 14.4. The molecule has 2 aliphatic rings. The molecule has 112 valence electrons. The van der Waals surface area contributed by atoms with Gasteiger partial charge < -0.3 is 10.0 Å². The molecule has 1 saturated heterocycles. The van der Waals surface area contributed by atoms with Crippen molar-refractivity contribution in [2.45, 2.75) is 31.2 Å². The Hall–Kier alpha value is -1.56. The average molecular weight is 309 g/mol. The molecule has 0 bridgehead atoms. The third kappa shape index (κ3) is 2.64. The molecule has 2 unspecified atom stereocenters. The van der Waals surface area contributed by atoms with Crippen LogP contribution in [0.1, 0.15) is 28.8 Å². The van der Waals surface area contributed by atoms with Gasteiger partial charge in [0.1, 0.15) is 11.9 Å². The number of hydrogen-bond donors (Lipinski definition) is 1. The molecule has 21 heavy (non-hydrogen) atoms. The second-order valence-electron chi connectivity index (χ2n) is 5.59. The van der Waals surface area contributed by atoms with Gasteiger partial charge in [-0.25, -0.2) is 9.18 Å². The summed E-state index contributed by atoms with van der Waals surface area (Å²) >= 11 is 1.54. The van der Waals surface area contributed by atoms with Gasteiger partial charge in [-0.1, -0.05) is 0 Å². The highest BCUT2D eigenvalue weighted by Gasteiger charge is 2.48. The lowest BCUT2D eigenvalue weighted by Crippen LogP contribution is -2.46. The van der Waals surface area contributed by atoms with Gasteiger partial charge in [0.2, 0.25) is 0 Å². The average Bonchev–Trinajstić information content (AvgIpc) is 3.19. The Morgan fingerprint density at radius 2 is 2.10 bits per heavy atom. The fraction of sp³-hybridized carbons (Fsp3) is 0.467. The van der Waals surface area contributed by atoms with Crippen molar-refractivity contribution in [1.82, 2.24) is 4.90 Å². The quantitative estimate of drug-likeness (QED) is 0.932. The number of thioether (sulfide) groups is 1. The van der Waals surface area contributed by atoms with Gasteiger partial charge in [0.05, 0.1) is 5.37 Å². The van der Waals surface area contributed by atoms with E-state index < -0.39 is 12.0 Å². The van der Waals surface area contributed by atoms with Crippen molar-refractivity contribution >= 4 is 23.6 Å². The van der Waals surface area contributed by atoms with Crippen LogP contribution in [0.5, 0.6) is 0 Å². The van der Waals surface area contributed by atoms with Crippen LogP contribution in [0.25, 0.3) is 0 Å². The molecule has 1 saturated carbocycles. The fourth-order valence-corrected chi connectivity index (χ4v) is 4.28. The number of rotatable bonds is 3. The molecular formula is C15H16FNO3S. The number of aliphatic carboxylic acids is 1. The van der Waals surface area contributed by atoms with Crippen LogP contribution in [0.3, 0.4) is 0 Å². The molecule has 3 rings (SSSR count). The van der Waals surface area contributed by atoms with Gasteiger partial charge in [-0.05, 0) is 49.4 Å². The first-order valence-electron chi connectivity index (χ1n) is 6.92. The molecule has 0 spiro atoms. The first-order valence-corrected chi connectivity index (χ1v) is 7.97. The molecule has 0 aromatic heterocycles. The third-order valence-corrected chi connectivity index (χ3v) is 5.45. The van der Waals surface area contributed by atoms with Crippen LogP contribution < -0.4 is 0 Å². The summed E-state index contributed by atoms with van der Waals surface area (Å²) in [5.41, 5.74) is 0.746. The normalized spacial score (nSPS) is 25.1. The summed E-state index contributed by atoms with van der Waals surface area (Å²) in [6.45, 7) is 1.60. The molecule has 0 radical (unpaired) electrons. The zero-order chi connectivity index (χ0) is 15.1. The Bertz CT molecular complexity index is 603. The summed E-state index contributed by atoms with van der Waals surface area (Å²) in [4.78, 5) is 25.6. The maximum Gasteiger partial charge on any atom is 0.327 e. The number of halogens is 1. The topological polar surface area (TPSA) is 57.6 Å². The van der Waals surface area contributed by atoms with E-state index in [1.54, 1.807) is 6.92 Å². The van der Waals surface area contributed by atoms with E-state index in [0.717, 1.165) is 12.8 Å². The summed E-state index contributed by atoms with van der Waals surface area (Å²) in [5.74, 6) is -0.839. The predicted octanol–water partition coefficient (Wildman–Crippen LogP) is 2.51. The number of nitrogens with zero attached hydrogens (tertiary/aromatic N) is 1. The number of hydrogen-bond acceptors (Lipinski definition) is 3. The maximum atomic E-state index is 13.3. The van der Waals surface area contributed by atoms with Crippen molar-refractivity contribution in [3.63, 3.8) is 0 Å². The number of carboxylic acid groups (broad SMARTS) is 1. The zero-order valence-electron chi connectivity index (χ0n) is 11.6. The van der Waals surface area contributed by atoms with E-state index in [9.17, 15) is 19.1 Å². The number of carbonyl (C=O) groups is 2. The lowest BCUT2D eigenvalue weighted by atomic mass is 10.1. The number of aryl methyl sites for hydroxylation is 1. The van der Waals surface area contributed by atoms with Gasteiger partial charge in [0, 0.05) is 11.3 Å². The van der Waals surface area contributed by atoms with Gasteiger partial charge in [0.25, 0.3) is 5.91 Å². The van der Waals surface area contributed by atoms with Crippen LogP contribution in [-0.2, 0) is 4.79 Å². The molecular weight excluding hydrogens is 293 g/mol. The van der Waals surface area contributed by atoms with Crippen molar-refractivity contribution in [2.75, 3.05) is 5.75 Å². The summed E-state index contributed by atoms with van der Waals surface area (Å²) < 4.78 is 13.3. The van der Waals surface area contributed by atoms with Gasteiger partial charge >= 0.3 is 5.97 Å². The zero-order valence-corrected chi connectivity index (χ0v) is 12.4. The third-order valence-electron chi connectivity index (χ3n) is 3.98. The van der Waals surface area contributed by atoms with Crippen LogP contribution in [-0.4, -0.2) is 39.1 Å². The van der Waals surface area contributed by atoms with Crippen LogP contribution >= 0.6 is 11.8 Å². The molecule has 1 aromatic carbocycles. The summed E-state index contributed by atoms with van der Waals surface area (Å²) in [7, 11) is 0. The number of carboxylic acids is 1. The van der Waals surface area contributed by atoms with Crippen molar-refractivity contribution in [3.05, 3.63) is 35.1 Å². The Morgan fingerprint density at radius 1 is 1.38 bits per heavy atom. The van der Waals surface area contributed by atoms with Crippen molar-refractivity contribution in [3.8, 4) is 0 Å². The van der Waals surface area contributed by atoms with Crippen molar-refractivity contribution in [2.24, 2.45) is 5.92 Å². The van der Waals surface area contributed by atoms with Crippen molar-refractivity contribution < 1.29 is 19.1 Å². The molecule has 2 fully saturated rings. The minimum Gasteiger partial charge on any atom is -0.480 e. The lowest BCUT2D eigenvalue weighted by molar-refractivity contribution is -0.141. The van der Waals surface area contributed by atoms with E-state index in [-0.39, 0.29) is 17.1 Å². The molecule has 6 heteroatoms. The van der Waals surface area contributed by atoms with Gasteiger partial charge in [-0.2, -0.15) is 0 Å². The van der Waals surface area contributed by atoms with Gasteiger partial charge in [0.15, 0.2) is 0 Å². The van der Waals surface area contributed by atoms with E-state index in [4.69, 9.17) is 0 Å². The molecule has 2 atom stereocenters. The number of benzene rings is 1. The Morgan fingerprint density at radius 3 is 2.67 bits per heavy atom. The van der Waals surface area contributed by atoms with Crippen LogP contribution in [0, 0.1) is 18.7 Å². The van der Waals surface area contributed by atoms with Gasteiger partial charge in [-0.3, -0.25) is 4.79 Å². The molecule has 1 N–H and O–H groups in total. The SMILES string of the molecule is Cc1cc(C(=O)N2C(C(=O)O)CSC2C2CC2)ccc1F. The standard InChI is InChI=1S/C15H16FNO3S/c1-8-6-10(4-5-11(8)16)13(18)17-12(15(19)20)7-21-14(17)9-2-3-9/h4-6,9,12,14H,2-3,7H2,1H3,(H,19,20).